The second-order valence-corrected chi connectivity index (χ2v) is 6.44. The minimum atomic E-state index is -1.10. The molecule has 1 aromatic heterocycles. The Kier molecular flexibility index (Phi) is 4.51. The summed E-state index contributed by atoms with van der Waals surface area (Å²) in [6.07, 6.45) is 0. The van der Waals surface area contributed by atoms with Gasteiger partial charge < -0.3 is 20.3 Å². The summed E-state index contributed by atoms with van der Waals surface area (Å²) < 4.78 is 11.8. The SMILES string of the molecule is COc1cc(N)c(C(=O)O)cc1OCc1ccc(Br)s1. The Labute approximate surface area is 128 Å². The fourth-order valence-corrected chi connectivity index (χ4v) is 3.01. The lowest BCUT2D eigenvalue weighted by Crippen LogP contribution is -2.05. The molecule has 0 atom stereocenters. The molecule has 2 aromatic rings. The van der Waals surface area contributed by atoms with Crippen LogP contribution in [0.4, 0.5) is 5.69 Å². The molecule has 0 spiro atoms. The Morgan fingerprint density at radius 3 is 2.70 bits per heavy atom. The molecule has 0 aliphatic rings. The minimum absolute atomic E-state index is 0.00633. The number of ether oxygens (including phenoxy) is 2. The van der Waals surface area contributed by atoms with E-state index in [0.717, 1.165) is 8.66 Å². The van der Waals surface area contributed by atoms with Gasteiger partial charge in [0.15, 0.2) is 11.5 Å². The maximum Gasteiger partial charge on any atom is 0.337 e. The van der Waals surface area contributed by atoms with Crippen molar-refractivity contribution in [2.24, 2.45) is 0 Å². The van der Waals surface area contributed by atoms with E-state index in [0.29, 0.717) is 18.1 Å². The average Bonchev–Trinajstić information content (AvgIpc) is 2.82. The Morgan fingerprint density at radius 2 is 2.15 bits per heavy atom. The first-order valence-electron chi connectivity index (χ1n) is 5.59. The van der Waals surface area contributed by atoms with Crippen LogP contribution < -0.4 is 15.2 Å². The summed E-state index contributed by atoms with van der Waals surface area (Å²) >= 11 is 4.91. The predicted molar refractivity (Wildman–Crippen MR) is 80.7 cm³/mol. The molecule has 0 amide bonds. The number of rotatable bonds is 5. The number of thiophene rings is 1. The number of carbonyl (C=O) groups is 1. The molecule has 1 heterocycles. The van der Waals surface area contributed by atoms with Gasteiger partial charge in [-0.2, -0.15) is 0 Å². The second-order valence-electron chi connectivity index (χ2n) is 3.89. The van der Waals surface area contributed by atoms with Crippen LogP contribution in [-0.4, -0.2) is 18.2 Å². The summed E-state index contributed by atoms with van der Waals surface area (Å²) in [4.78, 5) is 12.1. The molecular formula is C13H12BrNO4S. The molecule has 7 heteroatoms. The molecule has 0 aliphatic heterocycles. The number of carboxylic acid groups (broad SMARTS) is 1. The molecule has 0 radical (unpaired) electrons. The normalized spacial score (nSPS) is 10.3. The van der Waals surface area contributed by atoms with Crippen LogP contribution in [-0.2, 0) is 6.61 Å². The number of benzene rings is 1. The first-order chi connectivity index (χ1) is 9.51. The number of carboxylic acids is 1. The van der Waals surface area contributed by atoms with Crippen LogP contribution >= 0.6 is 27.3 Å². The summed E-state index contributed by atoms with van der Waals surface area (Å²) in [5, 5.41) is 9.06. The van der Waals surface area contributed by atoms with Crippen molar-refractivity contribution in [1.82, 2.24) is 0 Å². The van der Waals surface area contributed by atoms with E-state index in [1.807, 2.05) is 12.1 Å². The number of anilines is 1. The van der Waals surface area contributed by atoms with Gasteiger partial charge in [-0.15, -0.1) is 11.3 Å². The lowest BCUT2D eigenvalue weighted by Gasteiger charge is -2.12. The molecule has 0 saturated carbocycles. The Bertz CT molecular complexity index is 641. The zero-order valence-electron chi connectivity index (χ0n) is 10.6. The summed E-state index contributed by atoms with van der Waals surface area (Å²) in [6.45, 7) is 0.329. The van der Waals surface area contributed by atoms with E-state index in [4.69, 9.17) is 20.3 Å². The topological polar surface area (TPSA) is 81.8 Å². The summed E-state index contributed by atoms with van der Waals surface area (Å²) in [5.74, 6) is -0.347. The zero-order chi connectivity index (χ0) is 14.7. The molecule has 0 fully saturated rings. The van der Waals surface area contributed by atoms with Crippen LogP contribution in [0.5, 0.6) is 11.5 Å². The van der Waals surface area contributed by atoms with Gasteiger partial charge in [-0.3, -0.25) is 0 Å². The van der Waals surface area contributed by atoms with Crippen molar-refractivity contribution >= 4 is 38.9 Å². The molecule has 3 N–H and O–H groups in total. The number of aromatic carboxylic acids is 1. The summed E-state index contributed by atoms with van der Waals surface area (Å²) in [7, 11) is 1.48. The van der Waals surface area contributed by atoms with E-state index in [1.54, 1.807) is 11.3 Å². The maximum atomic E-state index is 11.1. The molecule has 106 valence electrons. The van der Waals surface area contributed by atoms with Crippen molar-refractivity contribution < 1.29 is 19.4 Å². The molecule has 5 nitrogen and oxygen atoms in total. The van der Waals surface area contributed by atoms with Crippen molar-refractivity contribution in [3.8, 4) is 11.5 Å². The van der Waals surface area contributed by atoms with Crippen LogP contribution in [0.1, 0.15) is 15.2 Å². The van der Waals surface area contributed by atoms with Crippen LogP contribution in [0, 0.1) is 0 Å². The predicted octanol–water partition coefficient (Wildman–Crippen LogP) is 3.38. The van der Waals surface area contributed by atoms with Crippen molar-refractivity contribution in [3.05, 3.63) is 38.5 Å². The van der Waals surface area contributed by atoms with E-state index in [1.165, 1.54) is 19.2 Å². The second kappa shape index (κ2) is 6.15. The van der Waals surface area contributed by atoms with Gasteiger partial charge >= 0.3 is 5.97 Å². The van der Waals surface area contributed by atoms with E-state index in [-0.39, 0.29) is 11.3 Å². The minimum Gasteiger partial charge on any atom is -0.493 e. The molecule has 0 saturated heterocycles. The average molecular weight is 358 g/mol. The number of nitrogens with two attached hydrogens (primary N) is 1. The Hall–Kier alpha value is -1.73. The monoisotopic (exact) mass is 357 g/mol. The quantitative estimate of drug-likeness (QED) is 0.801. The fraction of sp³-hybridized carbons (Fsp3) is 0.154. The highest BCUT2D eigenvalue weighted by Crippen LogP contribution is 2.33. The third-order valence-corrected chi connectivity index (χ3v) is 4.16. The molecule has 2 rings (SSSR count). The van der Waals surface area contributed by atoms with Gasteiger partial charge in [0.25, 0.3) is 0 Å². The van der Waals surface area contributed by atoms with Crippen molar-refractivity contribution in [3.63, 3.8) is 0 Å². The van der Waals surface area contributed by atoms with Gasteiger partial charge in [0.1, 0.15) is 6.61 Å². The van der Waals surface area contributed by atoms with Gasteiger partial charge in [0.2, 0.25) is 0 Å². The molecule has 20 heavy (non-hydrogen) atoms. The van der Waals surface area contributed by atoms with Crippen molar-refractivity contribution in [1.29, 1.82) is 0 Å². The van der Waals surface area contributed by atoms with Gasteiger partial charge in [-0.25, -0.2) is 4.79 Å². The number of hydrogen-bond acceptors (Lipinski definition) is 5. The Balaban J connectivity index is 2.25. The van der Waals surface area contributed by atoms with E-state index < -0.39 is 5.97 Å². The molecule has 1 aromatic carbocycles. The van der Waals surface area contributed by atoms with Gasteiger partial charge in [-0.05, 0) is 28.1 Å². The number of methoxy groups -OCH3 is 1. The third-order valence-electron chi connectivity index (χ3n) is 2.56. The zero-order valence-corrected chi connectivity index (χ0v) is 13.0. The first kappa shape index (κ1) is 14.7. The highest BCUT2D eigenvalue weighted by atomic mass is 79.9. The highest BCUT2D eigenvalue weighted by Gasteiger charge is 2.15. The number of hydrogen-bond donors (Lipinski definition) is 2. The largest absolute Gasteiger partial charge is 0.493 e. The van der Waals surface area contributed by atoms with Crippen LogP contribution in [0.15, 0.2) is 28.1 Å². The third kappa shape index (κ3) is 3.23. The van der Waals surface area contributed by atoms with Gasteiger partial charge in [0, 0.05) is 17.0 Å². The maximum absolute atomic E-state index is 11.1. The number of nitrogen functional groups attached to an aromatic ring is 1. The fourth-order valence-electron chi connectivity index (χ4n) is 1.61. The smallest absolute Gasteiger partial charge is 0.337 e. The molecule has 0 bridgehead atoms. The molecule has 0 aliphatic carbocycles. The lowest BCUT2D eigenvalue weighted by molar-refractivity contribution is 0.0697. The van der Waals surface area contributed by atoms with Gasteiger partial charge in [-0.1, -0.05) is 0 Å². The van der Waals surface area contributed by atoms with Crippen LogP contribution in [0.2, 0.25) is 0 Å². The van der Waals surface area contributed by atoms with E-state index in [2.05, 4.69) is 15.9 Å². The number of halogens is 1. The van der Waals surface area contributed by atoms with Crippen molar-refractivity contribution in [2.45, 2.75) is 6.61 Å². The van der Waals surface area contributed by atoms with Gasteiger partial charge in [0.05, 0.1) is 22.1 Å². The van der Waals surface area contributed by atoms with Crippen LogP contribution in [0.25, 0.3) is 0 Å². The summed E-state index contributed by atoms with van der Waals surface area (Å²) in [5.41, 5.74) is 5.79. The highest BCUT2D eigenvalue weighted by molar-refractivity contribution is 9.11. The van der Waals surface area contributed by atoms with E-state index in [9.17, 15) is 4.79 Å². The Morgan fingerprint density at radius 1 is 1.40 bits per heavy atom. The molecule has 0 unspecified atom stereocenters. The standard InChI is InChI=1S/C13H12BrNO4S/c1-18-10-5-9(15)8(13(16)17)4-11(10)19-6-7-2-3-12(14)20-7/h2-5H,6,15H2,1H3,(H,16,17). The summed E-state index contributed by atoms with van der Waals surface area (Å²) in [6, 6.07) is 6.67. The molecular weight excluding hydrogens is 346 g/mol. The van der Waals surface area contributed by atoms with Crippen molar-refractivity contribution in [2.75, 3.05) is 12.8 Å². The first-order valence-corrected chi connectivity index (χ1v) is 7.20. The van der Waals surface area contributed by atoms with E-state index >= 15 is 0 Å². The van der Waals surface area contributed by atoms with Crippen LogP contribution in [0.3, 0.4) is 0 Å². The lowest BCUT2D eigenvalue weighted by atomic mass is 10.1.